The minimum absolute atomic E-state index is 0.0765. The first-order valence-corrected chi connectivity index (χ1v) is 4.78. The van der Waals surface area contributed by atoms with Gasteiger partial charge in [-0.15, -0.1) is 0 Å². The van der Waals surface area contributed by atoms with E-state index >= 15 is 0 Å². The summed E-state index contributed by atoms with van der Waals surface area (Å²) < 4.78 is 30.5. The summed E-state index contributed by atoms with van der Waals surface area (Å²) in [5.74, 6) is -2.38. The van der Waals surface area contributed by atoms with Gasteiger partial charge in [-0.2, -0.15) is 4.39 Å². The molecule has 0 aliphatic carbocycles. The number of hydrazine groups is 1. The van der Waals surface area contributed by atoms with Crippen molar-refractivity contribution < 1.29 is 23.2 Å². The topological polar surface area (TPSA) is 93.5 Å². The molecule has 1 aromatic carbocycles. The molecule has 0 aromatic heterocycles. The van der Waals surface area contributed by atoms with Crippen LogP contribution in [0.1, 0.15) is 6.92 Å². The van der Waals surface area contributed by atoms with Gasteiger partial charge in [0.05, 0.1) is 11.5 Å². The van der Waals surface area contributed by atoms with Crippen LogP contribution in [0.2, 0.25) is 0 Å². The van der Waals surface area contributed by atoms with Crippen molar-refractivity contribution in [3.05, 3.63) is 33.9 Å². The molecule has 0 fully saturated rings. The summed E-state index contributed by atoms with van der Waals surface area (Å²) in [7, 11) is 0. The number of carbonyl (C=O) groups excluding carboxylic acids is 1. The van der Waals surface area contributed by atoms with Gasteiger partial charge in [-0.3, -0.25) is 15.5 Å². The number of halogens is 2. The number of nitro groups is 1. The van der Waals surface area contributed by atoms with Crippen LogP contribution in [0, 0.1) is 21.7 Å². The van der Waals surface area contributed by atoms with E-state index in [1.54, 1.807) is 6.92 Å². The van der Waals surface area contributed by atoms with Crippen LogP contribution in [0.25, 0.3) is 0 Å². The number of nitrogens with one attached hydrogen (secondary N) is 2. The van der Waals surface area contributed by atoms with Crippen molar-refractivity contribution in [2.45, 2.75) is 6.92 Å². The molecule has 0 saturated heterocycles. The van der Waals surface area contributed by atoms with Crippen LogP contribution in [0.15, 0.2) is 12.1 Å². The highest BCUT2D eigenvalue weighted by atomic mass is 19.1. The second-order valence-electron chi connectivity index (χ2n) is 3.01. The minimum atomic E-state index is -1.35. The summed E-state index contributed by atoms with van der Waals surface area (Å²) in [6.07, 6.45) is -0.934. The van der Waals surface area contributed by atoms with Crippen molar-refractivity contribution in [1.82, 2.24) is 5.43 Å². The maximum atomic E-state index is 13.2. The van der Waals surface area contributed by atoms with Gasteiger partial charge in [0, 0.05) is 12.1 Å². The number of nitro benzene ring substituents is 1. The Hall–Kier alpha value is -2.45. The second kappa shape index (κ2) is 5.75. The molecule has 1 amide bonds. The number of anilines is 1. The summed E-state index contributed by atoms with van der Waals surface area (Å²) in [4.78, 5) is 20.5. The van der Waals surface area contributed by atoms with E-state index in [4.69, 9.17) is 0 Å². The molecule has 0 aliphatic rings. The third-order valence-electron chi connectivity index (χ3n) is 1.79. The Labute approximate surface area is 99.9 Å². The number of nitrogens with zero attached hydrogens (tertiary/aromatic N) is 1. The molecule has 0 unspecified atom stereocenters. The Balaban J connectivity index is 2.93. The molecular formula is C9H9F2N3O4. The normalized spacial score (nSPS) is 9.72. The lowest BCUT2D eigenvalue weighted by Crippen LogP contribution is -2.30. The number of ether oxygens (including phenoxy) is 1. The summed E-state index contributed by atoms with van der Waals surface area (Å²) >= 11 is 0. The van der Waals surface area contributed by atoms with Crippen molar-refractivity contribution in [3.8, 4) is 0 Å². The van der Waals surface area contributed by atoms with Crippen LogP contribution in [-0.4, -0.2) is 17.6 Å². The Kier molecular flexibility index (Phi) is 4.35. The van der Waals surface area contributed by atoms with Gasteiger partial charge in [0.2, 0.25) is 5.82 Å². The average Bonchev–Trinajstić information content (AvgIpc) is 2.25. The molecule has 9 heteroatoms. The number of rotatable bonds is 4. The van der Waals surface area contributed by atoms with Gasteiger partial charge < -0.3 is 4.74 Å². The fourth-order valence-corrected chi connectivity index (χ4v) is 1.13. The Bertz CT molecular complexity index is 481. The molecule has 0 aliphatic heterocycles. The number of amides is 1. The molecule has 98 valence electrons. The number of carbonyl (C=O) groups is 1. The van der Waals surface area contributed by atoms with Crippen LogP contribution < -0.4 is 10.9 Å². The van der Waals surface area contributed by atoms with E-state index in [1.807, 2.05) is 10.9 Å². The molecule has 0 heterocycles. The smallest absolute Gasteiger partial charge is 0.425 e. The van der Waals surface area contributed by atoms with E-state index in [0.717, 1.165) is 0 Å². The predicted octanol–water partition coefficient (Wildman–Crippen LogP) is 1.95. The largest absolute Gasteiger partial charge is 0.449 e. The lowest BCUT2D eigenvalue weighted by molar-refractivity contribution is -0.386. The van der Waals surface area contributed by atoms with Gasteiger partial charge in [-0.25, -0.2) is 14.6 Å². The van der Waals surface area contributed by atoms with E-state index in [-0.39, 0.29) is 6.61 Å². The van der Waals surface area contributed by atoms with Gasteiger partial charge in [0.1, 0.15) is 11.5 Å². The van der Waals surface area contributed by atoms with E-state index < -0.39 is 34.0 Å². The summed E-state index contributed by atoms with van der Waals surface area (Å²) in [5.41, 5.74) is 2.41. The average molecular weight is 261 g/mol. The second-order valence-corrected chi connectivity index (χ2v) is 3.01. The zero-order valence-corrected chi connectivity index (χ0v) is 9.20. The summed E-state index contributed by atoms with van der Waals surface area (Å²) in [5, 5.41) is 10.6. The van der Waals surface area contributed by atoms with Crippen molar-refractivity contribution >= 4 is 17.5 Å². The van der Waals surface area contributed by atoms with Crippen LogP contribution in [-0.2, 0) is 4.74 Å². The Morgan fingerprint density at radius 1 is 1.50 bits per heavy atom. The monoisotopic (exact) mass is 261 g/mol. The van der Waals surface area contributed by atoms with Gasteiger partial charge in [-0.05, 0) is 6.92 Å². The maximum absolute atomic E-state index is 13.2. The summed E-state index contributed by atoms with van der Waals surface area (Å²) in [6, 6.07) is 1.04. The molecule has 1 aromatic rings. The fraction of sp³-hybridized carbons (Fsp3) is 0.222. The SMILES string of the molecule is CCOC(=O)NNc1cc(F)cc(F)c1[N+](=O)[O-]. The molecule has 0 saturated carbocycles. The first-order chi connectivity index (χ1) is 8.45. The molecule has 0 spiro atoms. The molecular weight excluding hydrogens is 252 g/mol. The third kappa shape index (κ3) is 3.27. The van der Waals surface area contributed by atoms with E-state index in [0.29, 0.717) is 12.1 Å². The van der Waals surface area contributed by atoms with Crippen molar-refractivity contribution in [3.63, 3.8) is 0 Å². The predicted molar refractivity (Wildman–Crippen MR) is 56.8 cm³/mol. The van der Waals surface area contributed by atoms with Gasteiger partial charge >= 0.3 is 11.8 Å². The molecule has 7 nitrogen and oxygen atoms in total. The minimum Gasteiger partial charge on any atom is -0.449 e. The van der Waals surface area contributed by atoms with Gasteiger partial charge in [-0.1, -0.05) is 0 Å². The van der Waals surface area contributed by atoms with Crippen molar-refractivity contribution in [1.29, 1.82) is 0 Å². The van der Waals surface area contributed by atoms with Crippen LogP contribution in [0.3, 0.4) is 0 Å². The van der Waals surface area contributed by atoms with Crippen LogP contribution in [0.5, 0.6) is 0 Å². The molecule has 0 radical (unpaired) electrons. The first kappa shape index (κ1) is 13.6. The number of benzene rings is 1. The molecule has 1 rings (SSSR count). The third-order valence-corrected chi connectivity index (χ3v) is 1.79. The molecule has 2 N–H and O–H groups in total. The quantitative estimate of drug-likeness (QED) is 0.638. The van der Waals surface area contributed by atoms with E-state index in [1.165, 1.54) is 0 Å². The van der Waals surface area contributed by atoms with Gasteiger partial charge in [0.15, 0.2) is 0 Å². The lowest BCUT2D eigenvalue weighted by atomic mass is 10.2. The molecule has 18 heavy (non-hydrogen) atoms. The standard InChI is InChI=1S/C9H9F2N3O4/c1-2-18-9(15)13-12-7-4-5(10)3-6(11)8(7)14(16)17/h3-4,12H,2H2,1H3,(H,13,15). The molecule has 0 bridgehead atoms. The fourth-order valence-electron chi connectivity index (χ4n) is 1.13. The highest BCUT2D eigenvalue weighted by Crippen LogP contribution is 2.28. The highest BCUT2D eigenvalue weighted by molar-refractivity contribution is 5.71. The highest BCUT2D eigenvalue weighted by Gasteiger charge is 2.22. The zero-order valence-electron chi connectivity index (χ0n) is 9.20. The Morgan fingerprint density at radius 2 is 2.17 bits per heavy atom. The maximum Gasteiger partial charge on any atom is 0.425 e. The van der Waals surface area contributed by atoms with E-state index in [9.17, 15) is 23.7 Å². The lowest BCUT2D eigenvalue weighted by Gasteiger charge is -2.09. The van der Waals surface area contributed by atoms with E-state index in [2.05, 4.69) is 4.74 Å². The molecule has 0 atom stereocenters. The van der Waals surface area contributed by atoms with Crippen LogP contribution >= 0.6 is 0 Å². The number of hydrogen-bond donors (Lipinski definition) is 2. The zero-order chi connectivity index (χ0) is 13.7. The van der Waals surface area contributed by atoms with Crippen molar-refractivity contribution in [2.24, 2.45) is 0 Å². The van der Waals surface area contributed by atoms with Crippen molar-refractivity contribution in [2.75, 3.05) is 12.0 Å². The van der Waals surface area contributed by atoms with Crippen LogP contribution in [0.4, 0.5) is 25.0 Å². The van der Waals surface area contributed by atoms with Gasteiger partial charge in [0.25, 0.3) is 0 Å². The Morgan fingerprint density at radius 3 is 2.72 bits per heavy atom. The number of hydrogen-bond acceptors (Lipinski definition) is 5. The first-order valence-electron chi connectivity index (χ1n) is 4.78. The summed E-state index contributed by atoms with van der Waals surface area (Å²) in [6.45, 7) is 1.62.